The molecule has 0 radical (unpaired) electrons. The Kier molecular flexibility index (Phi) is 1.92. The third-order valence-corrected chi connectivity index (χ3v) is 2.04. The zero-order chi connectivity index (χ0) is 7.72. The topological polar surface area (TPSA) is 90.3 Å². The van der Waals surface area contributed by atoms with Crippen molar-refractivity contribution in [2.45, 2.75) is 19.1 Å². The first kappa shape index (κ1) is 7.50. The highest BCUT2D eigenvalue weighted by atomic mass is 16.5. The van der Waals surface area contributed by atoms with Crippen LogP contribution in [0.5, 0.6) is 0 Å². The number of nitrogens with two attached hydrogens (primary N) is 1. The largest absolute Gasteiger partial charge is 0.387 e. The fraction of sp³-hybridized carbons (Fsp3) is 0.833. The van der Waals surface area contributed by atoms with Crippen molar-refractivity contribution in [3.05, 3.63) is 0 Å². The molecule has 0 aliphatic heterocycles. The van der Waals surface area contributed by atoms with E-state index < -0.39 is 6.29 Å². The molecular formula is C6H12N2O2. The molecule has 0 heterocycles. The normalized spacial score (nSPS) is 31.9. The SMILES string of the molecule is N=C(N)C1CC(C(O)O)C1. The van der Waals surface area contributed by atoms with E-state index in [-0.39, 0.29) is 17.7 Å². The second kappa shape index (κ2) is 2.56. The molecular weight excluding hydrogens is 132 g/mol. The first-order valence-electron chi connectivity index (χ1n) is 3.31. The maximum absolute atomic E-state index is 8.62. The Morgan fingerprint density at radius 3 is 2.30 bits per heavy atom. The van der Waals surface area contributed by atoms with Crippen LogP contribution in [-0.4, -0.2) is 22.3 Å². The predicted molar refractivity (Wildman–Crippen MR) is 36.4 cm³/mol. The molecule has 5 N–H and O–H groups in total. The molecule has 0 bridgehead atoms. The van der Waals surface area contributed by atoms with Crippen LogP contribution < -0.4 is 5.73 Å². The van der Waals surface area contributed by atoms with Gasteiger partial charge < -0.3 is 15.9 Å². The molecule has 0 amide bonds. The van der Waals surface area contributed by atoms with E-state index in [0.717, 1.165) is 0 Å². The van der Waals surface area contributed by atoms with Gasteiger partial charge in [0.1, 0.15) is 0 Å². The van der Waals surface area contributed by atoms with E-state index in [0.29, 0.717) is 12.8 Å². The summed E-state index contributed by atoms with van der Waals surface area (Å²) in [5.41, 5.74) is 5.18. The summed E-state index contributed by atoms with van der Waals surface area (Å²) in [6, 6.07) is 0. The third kappa shape index (κ3) is 1.27. The van der Waals surface area contributed by atoms with Gasteiger partial charge in [-0.25, -0.2) is 0 Å². The summed E-state index contributed by atoms with van der Waals surface area (Å²) in [4.78, 5) is 0. The van der Waals surface area contributed by atoms with E-state index in [1.165, 1.54) is 0 Å². The second-order valence-electron chi connectivity index (χ2n) is 2.80. The van der Waals surface area contributed by atoms with Gasteiger partial charge >= 0.3 is 0 Å². The monoisotopic (exact) mass is 144 g/mol. The maximum Gasteiger partial charge on any atom is 0.154 e. The lowest BCUT2D eigenvalue weighted by atomic mass is 9.74. The van der Waals surface area contributed by atoms with Crippen LogP contribution in [0.1, 0.15) is 12.8 Å². The Labute approximate surface area is 59.2 Å². The lowest BCUT2D eigenvalue weighted by Gasteiger charge is -2.35. The lowest BCUT2D eigenvalue weighted by Crippen LogP contribution is -2.40. The first-order valence-corrected chi connectivity index (χ1v) is 3.31. The fourth-order valence-electron chi connectivity index (χ4n) is 1.16. The number of hydrogen-bond donors (Lipinski definition) is 4. The maximum atomic E-state index is 8.62. The van der Waals surface area contributed by atoms with Crippen molar-refractivity contribution in [2.75, 3.05) is 0 Å². The van der Waals surface area contributed by atoms with Gasteiger partial charge in [-0.2, -0.15) is 0 Å². The van der Waals surface area contributed by atoms with Gasteiger partial charge in [0.2, 0.25) is 0 Å². The molecule has 0 spiro atoms. The van der Waals surface area contributed by atoms with E-state index in [4.69, 9.17) is 21.4 Å². The number of aliphatic hydroxyl groups excluding tert-OH is 1. The average molecular weight is 144 g/mol. The predicted octanol–water partition coefficient (Wildman–Crippen LogP) is -0.741. The molecule has 58 valence electrons. The lowest BCUT2D eigenvalue weighted by molar-refractivity contribution is -0.112. The van der Waals surface area contributed by atoms with Crippen molar-refractivity contribution in [2.24, 2.45) is 17.6 Å². The highest BCUT2D eigenvalue weighted by Crippen LogP contribution is 2.34. The molecule has 10 heavy (non-hydrogen) atoms. The van der Waals surface area contributed by atoms with Crippen LogP contribution in [0.4, 0.5) is 0 Å². The summed E-state index contributed by atoms with van der Waals surface area (Å²) in [5.74, 6) is 0.192. The Morgan fingerprint density at radius 1 is 1.50 bits per heavy atom. The Bertz CT molecular complexity index is 141. The van der Waals surface area contributed by atoms with E-state index in [1.807, 2.05) is 0 Å². The van der Waals surface area contributed by atoms with Crippen molar-refractivity contribution in [1.82, 2.24) is 0 Å². The van der Waals surface area contributed by atoms with Crippen LogP contribution >= 0.6 is 0 Å². The molecule has 0 aromatic rings. The Hall–Kier alpha value is -0.610. The minimum atomic E-state index is -1.23. The standard InChI is InChI=1S/C6H12N2O2/c7-5(8)3-1-4(2-3)6(9)10/h3-4,6,9-10H,1-2H2,(H3,7,8). The molecule has 0 atom stereocenters. The highest BCUT2D eigenvalue weighted by Gasteiger charge is 2.34. The van der Waals surface area contributed by atoms with E-state index in [9.17, 15) is 0 Å². The van der Waals surface area contributed by atoms with Gasteiger partial charge in [-0.3, -0.25) is 5.41 Å². The average Bonchev–Trinajstić information content (AvgIpc) is 1.56. The first-order chi connectivity index (χ1) is 4.61. The summed E-state index contributed by atoms with van der Waals surface area (Å²) in [7, 11) is 0. The summed E-state index contributed by atoms with van der Waals surface area (Å²) < 4.78 is 0. The molecule has 1 saturated carbocycles. The van der Waals surface area contributed by atoms with Crippen LogP contribution in [0.15, 0.2) is 0 Å². The van der Waals surface area contributed by atoms with Gasteiger partial charge in [0.15, 0.2) is 6.29 Å². The molecule has 1 aliphatic carbocycles. The molecule has 0 aromatic heterocycles. The van der Waals surface area contributed by atoms with Gasteiger partial charge in [0.25, 0.3) is 0 Å². The zero-order valence-electron chi connectivity index (χ0n) is 5.62. The molecule has 1 rings (SSSR count). The van der Waals surface area contributed by atoms with Crippen molar-refractivity contribution in [3.8, 4) is 0 Å². The van der Waals surface area contributed by atoms with Crippen LogP contribution in [0, 0.1) is 17.2 Å². The quantitative estimate of drug-likeness (QED) is 0.234. The Morgan fingerprint density at radius 2 is 2.00 bits per heavy atom. The van der Waals surface area contributed by atoms with Crippen molar-refractivity contribution in [1.29, 1.82) is 5.41 Å². The van der Waals surface area contributed by atoms with E-state index >= 15 is 0 Å². The minimum absolute atomic E-state index is 0.0612. The molecule has 1 aliphatic rings. The van der Waals surface area contributed by atoms with Crippen molar-refractivity contribution in [3.63, 3.8) is 0 Å². The van der Waals surface area contributed by atoms with Gasteiger partial charge in [0, 0.05) is 11.8 Å². The number of aliphatic hydroxyl groups is 2. The molecule has 0 aromatic carbocycles. The van der Waals surface area contributed by atoms with Crippen LogP contribution in [0.2, 0.25) is 0 Å². The Balaban J connectivity index is 2.24. The summed E-state index contributed by atoms with van der Waals surface area (Å²) in [5, 5.41) is 24.2. The number of nitrogens with one attached hydrogen (secondary N) is 1. The summed E-state index contributed by atoms with van der Waals surface area (Å²) >= 11 is 0. The van der Waals surface area contributed by atoms with Gasteiger partial charge in [0.05, 0.1) is 5.84 Å². The zero-order valence-corrected chi connectivity index (χ0v) is 5.62. The highest BCUT2D eigenvalue weighted by molar-refractivity contribution is 5.80. The van der Waals surface area contributed by atoms with Gasteiger partial charge in [-0.05, 0) is 12.8 Å². The molecule has 0 unspecified atom stereocenters. The molecule has 0 saturated heterocycles. The number of hydrogen-bond acceptors (Lipinski definition) is 3. The third-order valence-electron chi connectivity index (χ3n) is 2.04. The van der Waals surface area contributed by atoms with Crippen molar-refractivity contribution >= 4 is 5.84 Å². The van der Waals surface area contributed by atoms with Crippen LogP contribution in [0.25, 0.3) is 0 Å². The fourth-order valence-corrected chi connectivity index (χ4v) is 1.16. The van der Waals surface area contributed by atoms with Crippen LogP contribution in [-0.2, 0) is 0 Å². The second-order valence-corrected chi connectivity index (χ2v) is 2.80. The smallest absolute Gasteiger partial charge is 0.154 e. The molecule has 4 nitrogen and oxygen atoms in total. The van der Waals surface area contributed by atoms with Crippen LogP contribution in [0.3, 0.4) is 0 Å². The molecule has 1 fully saturated rings. The number of amidine groups is 1. The summed E-state index contributed by atoms with van der Waals surface area (Å²) in [6.45, 7) is 0. The van der Waals surface area contributed by atoms with Crippen molar-refractivity contribution < 1.29 is 10.2 Å². The van der Waals surface area contributed by atoms with E-state index in [1.54, 1.807) is 0 Å². The van der Waals surface area contributed by atoms with E-state index in [2.05, 4.69) is 0 Å². The minimum Gasteiger partial charge on any atom is -0.387 e. The van der Waals surface area contributed by atoms with Gasteiger partial charge in [-0.1, -0.05) is 0 Å². The molecule has 4 heteroatoms. The summed E-state index contributed by atoms with van der Waals surface area (Å²) in [6.07, 6.45) is 0.0654. The number of rotatable bonds is 2. The van der Waals surface area contributed by atoms with Gasteiger partial charge in [-0.15, -0.1) is 0 Å².